The fourth-order valence-corrected chi connectivity index (χ4v) is 3.73. The largest absolute Gasteiger partial charge is 0.389 e. The Morgan fingerprint density at radius 3 is 2.32 bits per heavy atom. The van der Waals surface area contributed by atoms with E-state index in [1.807, 2.05) is 4.90 Å². The zero-order valence-electron chi connectivity index (χ0n) is 13.3. The Hall–Kier alpha value is -1.14. The van der Waals surface area contributed by atoms with E-state index in [-0.39, 0.29) is 29.8 Å². The van der Waals surface area contributed by atoms with Crippen LogP contribution in [0.1, 0.15) is 39.0 Å². The van der Waals surface area contributed by atoms with Gasteiger partial charge < -0.3 is 15.3 Å². The summed E-state index contributed by atoms with van der Waals surface area (Å²) in [5.74, 6) is 0.427. The first-order chi connectivity index (χ1) is 10.6. The van der Waals surface area contributed by atoms with E-state index in [9.17, 15) is 14.7 Å². The quantitative estimate of drug-likeness (QED) is 0.767. The lowest BCUT2D eigenvalue weighted by Gasteiger charge is -2.45. The molecule has 0 aromatic rings. The first-order valence-corrected chi connectivity index (χ1v) is 8.54. The van der Waals surface area contributed by atoms with E-state index in [0.717, 1.165) is 58.3 Å². The smallest absolute Gasteiger partial charge is 0.223 e. The van der Waals surface area contributed by atoms with Gasteiger partial charge in [0, 0.05) is 45.1 Å². The van der Waals surface area contributed by atoms with Crippen LogP contribution in [0.2, 0.25) is 0 Å². The van der Waals surface area contributed by atoms with Crippen molar-refractivity contribution in [1.82, 2.24) is 15.1 Å². The number of aliphatic hydroxyl groups excluding tert-OH is 1. The zero-order chi connectivity index (χ0) is 15.7. The van der Waals surface area contributed by atoms with E-state index in [1.165, 1.54) is 0 Å². The minimum atomic E-state index is -0.500. The molecular weight excluding hydrogens is 282 g/mol. The van der Waals surface area contributed by atoms with Gasteiger partial charge in [0.15, 0.2) is 0 Å². The molecule has 0 aromatic heterocycles. The predicted octanol–water partition coefficient (Wildman–Crippen LogP) is -0.0413. The average molecular weight is 309 g/mol. The number of carbonyl (C=O) groups is 2. The Bertz CT molecular complexity index is 430. The van der Waals surface area contributed by atoms with Gasteiger partial charge in [0.05, 0.1) is 12.1 Å². The van der Waals surface area contributed by atoms with Crippen LogP contribution in [0.25, 0.3) is 0 Å². The third-order valence-corrected chi connectivity index (χ3v) is 5.33. The van der Waals surface area contributed by atoms with Gasteiger partial charge in [-0.05, 0) is 32.1 Å². The molecule has 3 rings (SSSR count). The molecule has 0 bridgehead atoms. The molecular formula is C16H27N3O3. The van der Waals surface area contributed by atoms with Crippen LogP contribution in [0, 0.1) is 5.92 Å². The molecule has 1 aliphatic heterocycles. The van der Waals surface area contributed by atoms with Crippen molar-refractivity contribution in [2.75, 3.05) is 26.2 Å². The molecule has 1 heterocycles. The lowest BCUT2D eigenvalue weighted by Crippen LogP contribution is -2.60. The van der Waals surface area contributed by atoms with Gasteiger partial charge in [-0.1, -0.05) is 0 Å². The minimum absolute atomic E-state index is 0.104. The lowest BCUT2D eigenvalue weighted by molar-refractivity contribution is -0.132. The van der Waals surface area contributed by atoms with E-state index < -0.39 is 6.10 Å². The van der Waals surface area contributed by atoms with Crippen molar-refractivity contribution in [2.24, 2.45) is 5.92 Å². The molecule has 3 fully saturated rings. The van der Waals surface area contributed by atoms with E-state index in [4.69, 9.17) is 0 Å². The second-order valence-corrected chi connectivity index (χ2v) is 6.92. The van der Waals surface area contributed by atoms with E-state index in [0.29, 0.717) is 0 Å². The Morgan fingerprint density at radius 1 is 1.05 bits per heavy atom. The molecule has 2 amide bonds. The number of amides is 2. The third kappa shape index (κ3) is 3.43. The Labute approximate surface area is 131 Å². The summed E-state index contributed by atoms with van der Waals surface area (Å²) in [5.41, 5.74) is 0. The topological polar surface area (TPSA) is 72.9 Å². The highest BCUT2D eigenvalue weighted by Gasteiger charge is 2.39. The number of rotatable bonds is 3. The molecule has 2 saturated carbocycles. The predicted molar refractivity (Wildman–Crippen MR) is 82.1 cm³/mol. The van der Waals surface area contributed by atoms with Gasteiger partial charge in [-0.15, -0.1) is 0 Å². The van der Waals surface area contributed by atoms with Gasteiger partial charge in [0.2, 0.25) is 11.8 Å². The molecule has 6 heteroatoms. The number of nitrogens with one attached hydrogen (secondary N) is 1. The van der Waals surface area contributed by atoms with Crippen LogP contribution in [0.15, 0.2) is 0 Å². The number of aliphatic hydroxyl groups is 1. The third-order valence-electron chi connectivity index (χ3n) is 5.33. The zero-order valence-corrected chi connectivity index (χ0v) is 13.3. The summed E-state index contributed by atoms with van der Waals surface area (Å²) in [6.45, 7) is 4.69. The fourth-order valence-electron chi connectivity index (χ4n) is 3.73. The number of nitrogens with zero attached hydrogens (tertiary/aromatic N) is 2. The Balaban J connectivity index is 1.54. The summed E-state index contributed by atoms with van der Waals surface area (Å²) in [6, 6.07) is -0.00921. The lowest BCUT2D eigenvalue weighted by atomic mass is 9.86. The van der Waals surface area contributed by atoms with Crippen LogP contribution in [-0.2, 0) is 9.59 Å². The highest BCUT2D eigenvalue weighted by molar-refractivity contribution is 5.81. The second-order valence-electron chi connectivity index (χ2n) is 6.92. The first-order valence-electron chi connectivity index (χ1n) is 8.54. The molecule has 2 aliphatic carbocycles. The van der Waals surface area contributed by atoms with Crippen LogP contribution in [0.4, 0.5) is 0 Å². The summed E-state index contributed by atoms with van der Waals surface area (Å²) in [5, 5.41) is 13.7. The minimum Gasteiger partial charge on any atom is -0.389 e. The highest BCUT2D eigenvalue weighted by atomic mass is 16.3. The molecule has 0 radical (unpaired) electrons. The van der Waals surface area contributed by atoms with Crippen molar-refractivity contribution in [3.8, 4) is 0 Å². The van der Waals surface area contributed by atoms with E-state index in [1.54, 1.807) is 6.92 Å². The summed E-state index contributed by atoms with van der Waals surface area (Å²) in [7, 11) is 0. The SMILES string of the molecule is CC(=O)N1CCN([C@@H]2CCC[C@@H](NC(=O)C3CC3)[C@H]2O)CC1. The van der Waals surface area contributed by atoms with Crippen molar-refractivity contribution in [1.29, 1.82) is 0 Å². The molecule has 22 heavy (non-hydrogen) atoms. The van der Waals surface area contributed by atoms with Gasteiger partial charge in [0.25, 0.3) is 0 Å². The van der Waals surface area contributed by atoms with Crippen LogP contribution in [0.3, 0.4) is 0 Å². The van der Waals surface area contributed by atoms with Crippen molar-refractivity contribution in [3.63, 3.8) is 0 Å². The number of piperazine rings is 1. The van der Waals surface area contributed by atoms with E-state index in [2.05, 4.69) is 10.2 Å². The van der Waals surface area contributed by atoms with Crippen molar-refractivity contribution in [2.45, 2.75) is 57.2 Å². The van der Waals surface area contributed by atoms with Crippen molar-refractivity contribution < 1.29 is 14.7 Å². The molecule has 3 atom stereocenters. The van der Waals surface area contributed by atoms with Crippen LogP contribution >= 0.6 is 0 Å². The van der Waals surface area contributed by atoms with Gasteiger partial charge in [-0.25, -0.2) is 0 Å². The van der Waals surface area contributed by atoms with Gasteiger partial charge in [0.1, 0.15) is 0 Å². The summed E-state index contributed by atoms with van der Waals surface area (Å²) >= 11 is 0. The highest BCUT2D eigenvalue weighted by Crippen LogP contribution is 2.30. The molecule has 0 aromatic carbocycles. The summed E-state index contributed by atoms with van der Waals surface area (Å²) < 4.78 is 0. The van der Waals surface area contributed by atoms with Crippen molar-refractivity contribution >= 4 is 11.8 Å². The van der Waals surface area contributed by atoms with Crippen molar-refractivity contribution in [3.05, 3.63) is 0 Å². The molecule has 124 valence electrons. The number of hydrogen-bond donors (Lipinski definition) is 2. The molecule has 3 aliphatic rings. The number of hydrogen-bond acceptors (Lipinski definition) is 4. The van der Waals surface area contributed by atoms with Crippen LogP contribution in [-0.4, -0.2) is 71.1 Å². The summed E-state index contributed by atoms with van der Waals surface area (Å²) in [4.78, 5) is 27.5. The van der Waals surface area contributed by atoms with Gasteiger partial charge in [-0.3, -0.25) is 14.5 Å². The monoisotopic (exact) mass is 309 g/mol. The van der Waals surface area contributed by atoms with Crippen LogP contribution in [0.5, 0.6) is 0 Å². The Morgan fingerprint density at radius 2 is 1.73 bits per heavy atom. The Kier molecular flexibility index (Phi) is 4.68. The standard InChI is InChI=1S/C16H27N3O3/c1-11(20)18-7-9-19(10-8-18)14-4-2-3-13(15(14)21)17-16(22)12-5-6-12/h12-15,21H,2-10H2,1H3,(H,17,22)/t13-,14-,15-/m1/s1. The molecule has 0 unspecified atom stereocenters. The second kappa shape index (κ2) is 6.54. The fraction of sp³-hybridized carbons (Fsp3) is 0.875. The molecule has 0 spiro atoms. The van der Waals surface area contributed by atoms with Gasteiger partial charge in [-0.2, -0.15) is 0 Å². The first kappa shape index (κ1) is 15.7. The summed E-state index contributed by atoms with van der Waals surface area (Å²) in [6.07, 6.45) is 4.35. The number of carbonyl (C=O) groups excluding carboxylic acids is 2. The maximum absolute atomic E-state index is 11.9. The molecule has 6 nitrogen and oxygen atoms in total. The average Bonchev–Trinajstić information content (AvgIpc) is 3.34. The maximum Gasteiger partial charge on any atom is 0.223 e. The molecule has 2 N–H and O–H groups in total. The van der Waals surface area contributed by atoms with E-state index >= 15 is 0 Å². The van der Waals surface area contributed by atoms with Gasteiger partial charge >= 0.3 is 0 Å². The van der Waals surface area contributed by atoms with Crippen LogP contribution < -0.4 is 5.32 Å². The maximum atomic E-state index is 11.9. The molecule has 1 saturated heterocycles. The normalized spacial score (nSPS) is 33.5.